The minimum atomic E-state index is 0. The number of nitrogens with zero attached hydrogens (tertiary/aromatic N) is 1. The molecule has 1 aliphatic heterocycles. The van der Waals surface area contributed by atoms with E-state index < -0.39 is 0 Å². The van der Waals surface area contributed by atoms with E-state index in [1.165, 1.54) is 69.8 Å². The molecule has 0 N–H and O–H groups in total. The molecule has 0 aromatic heterocycles. The SMILES string of the molecule is C1CCCC1.C1CCCC1.[CH-]=C1CN(Cc2ccccc2)CC1=[CH-].[Zr+4]. The van der Waals surface area contributed by atoms with Crippen LogP contribution in [0.1, 0.15) is 69.8 Å². The van der Waals surface area contributed by atoms with Crippen LogP contribution in [0.4, 0.5) is 0 Å². The molecule has 2 heteroatoms. The predicted molar refractivity (Wildman–Crippen MR) is 104 cm³/mol. The molecule has 2 saturated carbocycles. The molecule has 0 radical (unpaired) electrons. The van der Waals surface area contributed by atoms with Gasteiger partial charge in [-0.05, 0) is 5.56 Å². The van der Waals surface area contributed by atoms with Crippen LogP contribution in [-0.4, -0.2) is 18.0 Å². The third kappa shape index (κ3) is 9.71. The molecule has 0 bridgehead atoms. The van der Waals surface area contributed by atoms with Gasteiger partial charge < -0.3 is 29.2 Å². The number of likely N-dealkylation sites (tertiary alicyclic amines) is 1. The second kappa shape index (κ2) is 13.7. The zero-order chi connectivity index (χ0) is 17.0. The van der Waals surface area contributed by atoms with Crippen molar-refractivity contribution in [2.24, 2.45) is 0 Å². The molecule has 132 valence electrons. The molecule has 1 saturated heterocycles. The van der Waals surface area contributed by atoms with E-state index in [9.17, 15) is 0 Å². The van der Waals surface area contributed by atoms with Gasteiger partial charge in [-0.15, -0.1) is 0 Å². The Morgan fingerprint density at radius 2 is 1.00 bits per heavy atom. The molecule has 2 aliphatic carbocycles. The molecule has 4 rings (SSSR count). The van der Waals surface area contributed by atoms with Crippen molar-refractivity contribution in [2.45, 2.75) is 70.8 Å². The molecule has 3 aliphatic rings. The molecule has 1 nitrogen and oxygen atoms in total. The summed E-state index contributed by atoms with van der Waals surface area (Å²) < 4.78 is 0. The molecule has 0 atom stereocenters. The Labute approximate surface area is 174 Å². The summed E-state index contributed by atoms with van der Waals surface area (Å²) in [5.41, 5.74) is 2.94. The van der Waals surface area contributed by atoms with E-state index in [0.717, 1.165) is 30.8 Å². The number of rotatable bonds is 2. The first kappa shape index (κ1) is 22.6. The van der Waals surface area contributed by atoms with Crippen LogP contribution in [0.5, 0.6) is 0 Å². The summed E-state index contributed by atoms with van der Waals surface area (Å²) in [5, 5.41) is 0. The Morgan fingerprint density at radius 3 is 1.36 bits per heavy atom. The van der Waals surface area contributed by atoms with E-state index in [1.807, 2.05) is 18.2 Å². The molecule has 0 unspecified atom stereocenters. The van der Waals surface area contributed by atoms with Crippen LogP contribution in [0, 0.1) is 13.2 Å². The minimum Gasteiger partial charge on any atom is -0.389 e. The maximum Gasteiger partial charge on any atom is 4.00 e. The van der Waals surface area contributed by atoms with Crippen LogP contribution in [0.3, 0.4) is 0 Å². The zero-order valence-electron chi connectivity index (χ0n) is 15.7. The average Bonchev–Trinajstić information content (AvgIpc) is 3.35. The summed E-state index contributed by atoms with van der Waals surface area (Å²) in [6, 6.07) is 10.3. The van der Waals surface area contributed by atoms with Gasteiger partial charge in [0.1, 0.15) is 0 Å². The summed E-state index contributed by atoms with van der Waals surface area (Å²) >= 11 is 0. The third-order valence-electron chi connectivity index (χ3n) is 4.95. The van der Waals surface area contributed by atoms with Gasteiger partial charge in [0.25, 0.3) is 0 Å². The van der Waals surface area contributed by atoms with Crippen molar-refractivity contribution in [1.82, 2.24) is 4.90 Å². The maximum atomic E-state index is 5.74. The van der Waals surface area contributed by atoms with Crippen molar-refractivity contribution in [3.8, 4) is 0 Å². The first-order valence-electron chi connectivity index (χ1n) is 9.75. The van der Waals surface area contributed by atoms with E-state index in [1.54, 1.807) is 0 Å². The Bertz CT molecular complexity index is 445. The number of benzene rings is 1. The molecular weight excluding hydrogens is 381 g/mol. The van der Waals surface area contributed by atoms with Crippen molar-refractivity contribution in [3.63, 3.8) is 0 Å². The van der Waals surface area contributed by atoms with Crippen LogP contribution in [-0.2, 0) is 32.7 Å². The summed E-state index contributed by atoms with van der Waals surface area (Å²) in [4.78, 5) is 2.24. The maximum absolute atomic E-state index is 5.74. The Hall–Kier alpha value is -0.457. The van der Waals surface area contributed by atoms with Crippen molar-refractivity contribution < 1.29 is 26.2 Å². The normalized spacial score (nSPS) is 19.5. The fourth-order valence-electron chi connectivity index (χ4n) is 3.46. The third-order valence-corrected chi connectivity index (χ3v) is 4.95. The van der Waals surface area contributed by atoms with Crippen LogP contribution < -0.4 is 0 Å². The van der Waals surface area contributed by atoms with Gasteiger partial charge in [0.15, 0.2) is 0 Å². The molecule has 1 aromatic carbocycles. The van der Waals surface area contributed by atoms with Gasteiger partial charge in [-0.3, -0.25) is 0 Å². The van der Waals surface area contributed by atoms with E-state index in [2.05, 4.69) is 17.0 Å². The topological polar surface area (TPSA) is 3.24 Å². The monoisotopic (exact) mass is 413 g/mol. The molecule has 0 amide bonds. The van der Waals surface area contributed by atoms with Gasteiger partial charge in [0.05, 0.1) is 0 Å². The number of hydrogen-bond donors (Lipinski definition) is 0. The molecule has 3 fully saturated rings. The van der Waals surface area contributed by atoms with Crippen LogP contribution in [0.2, 0.25) is 0 Å². The standard InChI is InChI=1S/C13H13N.2C5H10.Zr/c1-11-8-14(9-12(11)2)10-13-6-4-3-5-7-13;2*1-2-4-5-3-1;/h1-7H,8-10H2;2*1-5H2;/q-2;;;+4. The summed E-state index contributed by atoms with van der Waals surface area (Å²) in [6.07, 6.45) is 15.0. The van der Waals surface area contributed by atoms with Gasteiger partial charge in [0.2, 0.25) is 0 Å². The van der Waals surface area contributed by atoms with Gasteiger partial charge >= 0.3 is 26.2 Å². The quantitative estimate of drug-likeness (QED) is 0.527. The fraction of sp³-hybridized carbons (Fsp3) is 0.565. The Balaban J connectivity index is 0.000000233. The van der Waals surface area contributed by atoms with Crippen molar-refractivity contribution >= 4 is 0 Å². The van der Waals surface area contributed by atoms with Gasteiger partial charge in [0, 0.05) is 6.54 Å². The van der Waals surface area contributed by atoms with E-state index in [4.69, 9.17) is 13.2 Å². The summed E-state index contributed by atoms with van der Waals surface area (Å²) in [7, 11) is 0. The summed E-state index contributed by atoms with van der Waals surface area (Å²) in [6.45, 7) is 14.0. The van der Waals surface area contributed by atoms with Crippen molar-refractivity contribution in [3.05, 3.63) is 60.2 Å². The van der Waals surface area contributed by atoms with Gasteiger partial charge in [-0.25, -0.2) is 0 Å². The van der Waals surface area contributed by atoms with Gasteiger partial charge in [-0.2, -0.15) is 0 Å². The van der Waals surface area contributed by atoms with Crippen LogP contribution >= 0.6 is 0 Å². The Morgan fingerprint density at radius 1 is 0.640 bits per heavy atom. The fourth-order valence-corrected chi connectivity index (χ4v) is 3.46. The van der Waals surface area contributed by atoms with E-state index in [0.29, 0.717) is 0 Å². The van der Waals surface area contributed by atoms with Gasteiger partial charge in [-0.1, -0.05) is 108 Å². The van der Waals surface area contributed by atoms with Crippen LogP contribution in [0.15, 0.2) is 41.5 Å². The number of hydrogen-bond acceptors (Lipinski definition) is 1. The molecular formula is C23H33NZr+2. The largest absolute Gasteiger partial charge is 4.00 e. The zero-order valence-corrected chi connectivity index (χ0v) is 18.1. The van der Waals surface area contributed by atoms with E-state index in [-0.39, 0.29) is 26.2 Å². The molecule has 25 heavy (non-hydrogen) atoms. The second-order valence-corrected chi connectivity index (χ2v) is 7.22. The first-order valence-corrected chi connectivity index (χ1v) is 9.75. The van der Waals surface area contributed by atoms with E-state index >= 15 is 0 Å². The van der Waals surface area contributed by atoms with Crippen LogP contribution in [0.25, 0.3) is 0 Å². The second-order valence-electron chi connectivity index (χ2n) is 7.22. The molecule has 1 heterocycles. The molecule has 1 aromatic rings. The predicted octanol–water partition coefficient (Wildman–Crippen LogP) is 6.12. The summed E-state index contributed by atoms with van der Waals surface area (Å²) in [5.74, 6) is 0. The average molecular weight is 415 g/mol. The Kier molecular flexibility index (Phi) is 12.4. The first-order chi connectivity index (χ1) is 11.8. The molecule has 0 spiro atoms. The smallest absolute Gasteiger partial charge is 0.389 e. The van der Waals surface area contributed by atoms with Crippen molar-refractivity contribution in [2.75, 3.05) is 13.1 Å². The minimum absolute atomic E-state index is 0. The van der Waals surface area contributed by atoms with Crippen molar-refractivity contribution in [1.29, 1.82) is 0 Å².